The number of amides is 1. The zero-order valence-corrected chi connectivity index (χ0v) is 14.3. The fourth-order valence-corrected chi connectivity index (χ4v) is 2.93. The summed E-state index contributed by atoms with van der Waals surface area (Å²) < 4.78 is 10.8. The molecule has 0 fully saturated rings. The van der Waals surface area contributed by atoms with Gasteiger partial charge < -0.3 is 14.8 Å². The van der Waals surface area contributed by atoms with Crippen molar-refractivity contribution in [2.45, 2.75) is 12.8 Å². The van der Waals surface area contributed by atoms with E-state index in [-0.39, 0.29) is 24.5 Å². The standard InChI is InChI=1S/C16H16ClNO4S/c1-21-11-7-10(8-12(9-11)22-2)18-16(20)6-3-13(19)14-4-5-15(17)23-14/h4-5,7-9H,3,6H2,1-2H3,(H,18,20). The van der Waals surface area contributed by atoms with E-state index in [0.717, 1.165) is 0 Å². The summed E-state index contributed by atoms with van der Waals surface area (Å²) in [5.41, 5.74) is 0.554. The Bertz CT molecular complexity index is 692. The molecule has 122 valence electrons. The predicted octanol–water partition coefficient (Wildman–Crippen LogP) is 4.02. The first-order valence-electron chi connectivity index (χ1n) is 6.83. The summed E-state index contributed by atoms with van der Waals surface area (Å²) in [6.45, 7) is 0. The van der Waals surface area contributed by atoms with Gasteiger partial charge in [0.25, 0.3) is 0 Å². The molecule has 0 radical (unpaired) electrons. The molecular formula is C16H16ClNO4S. The van der Waals surface area contributed by atoms with Gasteiger partial charge in [-0.05, 0) is 12.1 Å². The van der Waals surface area contributed by atoms with E-state index in [1.54, 1.807) is 30.3 Å². The molecule has 1 aromatic heterocycles. The van der Waals surface area contributed by atoms with Crippen molar-refractivity contribution < 1.29 is 19.1 Å². The number of anilines is 1. The molecule has 5 nitrogen and oxygen atoms in total. The number of rotatable bonds is 7. The number of ether oxygens (including phenoxy) is 2. The van der Waals surface area contributed by atoms with Crippen molar-refractivity contribution in [1.29, 1.82) is 0 Å². The van der Waals surface area contributed by atoms with Crippen LogP contribution in [-0.2, 0) is 4.79 Å². The molecule has 1 amide bonds. The second-order valence-electron chi connectivity index (χ2n) is 4.68. The van der Waals surface area contributed by atoms with Gasteiger partial charge >= 0.3 is 0 Å². The third-order valence-corrected chi connectivity index (χ3v) is 4.33. The first kappa shape index (κ1) is 17.3. The van der Waals surface area contributed by atoms with Crippen LogP contribution in [0.3, 0.4) is 0 Å². The van der Waals surface area contributed by atoms with Crippen LogP contribution in [0.15, 0.2) is 30.3 Å². The molecule has 0 spiro atoms. The van der Waals surface area contributed by atoms with Gasteiger partial charge in [0.15, 0.2) is 5.78 Å². The SMILES string of the molecule is COc1cc(NC(=O)CCC(=O)c2ccc(Cl)s2)cc(OC)c1. The van der Waals surface area contributed by atoms with E-state index in [0.29, 0.717) is 26.4 Å². The minimum atomic E-state index is -0.253. The highest BCUT2D eigenvalue weighted by Gasteiger charge is 2.12. The first-order chi connectivity index (χ1) is 11.0. The van der Waals surface area contributed by atoms with Crippen LogP contribution >= 0.6 is 22.9 Å². The Morgan fingerprint density at radius 1 is 1.09 bits per heavy atom. The maximum Gasteiger partial charge on any atom is 0.224 e. The quantitative estimate of drug-likeness (QED) is 0.763. The zero-order valence-electron chi connectivity index (χ0n) is 12.7. The molecule has 0 aliphatic carbocycles. The summed E-state index contributed by atoms with van der Waals surface area (Å²) in [4.78, 5) is 24.5. The number of Topliss-reactive ketones (excluding diaryl/α,β-unsaturated/α-hetero) is 1. The number of thiophene rings is 1. The molecule has 0 aliphatic rings. The number of benzene rings is 1. The van der Waals surface area contributed by atoms with Gasteiger partial charge in [0.05, 0.1) is 23.4 Å². The number of carbonyl (C=O) groups is 2. The molecule has 0 saturated heterocycles. The summed E-state index contributed by atoms with van der Waals surface area (Å²) in [7, 11) is 3.07. The largest absolute Gasteiger partial charge is 0.497 e. The highest BCUT2D eigenvalue weighted by atomic mass is 35.5. The molecule has 1 heterocycles. The molecule has 0 atom stereocenters. The minimum absolute atomic E-state index is 0.0911. The van der Waals surface area contributed by atoms with E-state index in [1.807, 2.05) is 0 Å². The summed E-state index contributed by atoms with van der Waals surface area (Å²) in [5, 5.41) is 2.73. The maximum atomic E-state index is 12.0. The molecule has 1 aromatic carbocycles. The molecule has 0 saturated carbocycles. The lowest BCUT2D eigenvalue weighted by molar-refractivity contribution is -0.116. The maximum absolute atomic E-state index is 12.0. The number of methoxy groups -OCH3 is 2. The molecular weight excluding hydrogens is 338 g/mol. The van der Waals surface area contributed by atoms with Crippen molar-refractivity contribution in [3.63, 3.8) is 0 Å². The van der Waals surface area contributed by atoms with Gasteiger partial charge in [-0.2, -0.15) is 0 Å². The summed E-state index contributed by atoms with van der Waals surface area (Å²) >= 11 is 7.01. The van der Waals surface area contributed by atoms with Crippen molar-refractivity contribution in [3.05, 3.63) is 39.5 Å². The third-order valence-electron chi connectivity index (χ3n) is 3.06. The Balaban J connectivity index is 1.93. The lowest BCUT2D eigenvalue weighted by atomic mass is 10.2. The van der Waals surface area contributed by atoms with Gasteiger partial charge in [-0.15, -0.1) is 11.3 Å². The van der Waals surface area contributed by atoms with Crippen molar-refractivity contribution in [2.75, 3.05) is 19.5 Å². The van der Waals surface area contributed by atoms with E-state index in [4.69, 9.17) is 21.1 Å². The Morgan fingerprint density at radius 3 is 2.26 bits per heavy atom. The predicted molar refractivity (Wildman–Crippen MR) is 91.1 cm³/mol. The molecule has 1 N–H and O–H groups in total. The molecule has 23 heavy (non-hydrogen) atoms. The van der Waals surface area contributed by atoms with Gasteiger partial charge in [0.2, 0.25) is 5.91 Å². The summed E-state index contributed by atoms with van der Waals surface area (Å²) in [6, 6.07) is 8.41. The van der Waals surface area contributed by atoms with Crippen LogP contribution in [0.4, 0.5) is 5.69 Å². The normalized spacial score (nSPS) is 10.2. The topological polar surface area (TPSA) is 64.6 Å². The van der Waals surface area contributed by atoms with Crippen molar-refractivity contribution in [3.8, 4) is 11.5 Å². The number of nitrogens with one attached hydrogen (secondary N) is 1. The third kappa shape index (κ3) is 4.97. The average Bonchev–Trinajstić information content (AvgIpc) is 2.98. The zero-order chi connectivity index (χ0) is 16.8. The van der Waals surface area contributed by atoms with E-state index >= 15 is 0 Å². The van der Waals surface area contributed by atoms with E-state index in [1.165, 1.54) is 25.6 Å². The fraction of sp³-hybridized carbons (Fsp3) is 0.250. The lowest BCUT2D eigenvalue weighted by Gasteiger charge is -2.09. The average molecular weight is 354 g/mol. The smallest absolute Gasteiger partial charge is 0.224 e. The van der Waals surface area contributed by atoms with Crippen molar-refractivity contribution in [1.82, 2.24) is 0 Å². The number of hydrogen-bond donors (Lipinski definition) is 1. The van der Waals surface area contributed by atoms with Gasteiger partial charge in [-0.1, -0.05) is 11.6 Å². The number of ketones is 1. The highest BCUT2D eigenvalue weighted by Crippen LogP contribution is 2.26. The van der Waals surface area contributed by atoms with Crippen molar-refractivity contribution in [2.24, 2.45) is 0 Å². The molecule has 0 unspecified atom stereocenters. The Kier molecular flexibility index (Phi) is 6.01. The van der Waals surface area contributed by atoms with E-state index < -0.39 is 0 Å². The van der Waals surface area contributed by atoms with E-state index in [2.05, 4.69) is 5.32 Å². The number of carbonyl (C=O) groups excluding carboxylic acids is 2. The first-order valence-corrected chi connectivity index (χ1v) is 8.02. The highest BCUT2D eigenvalue weighted by molar-refractivity contribution is 7.18. The van der Waals surface area contributed by atoms with Gasteiger partial charge in [0.1, 0.15) is 11.5 Å². The monoisotopic (exact) mass is 353 g/mol. The Hall–Kier alpha value is -2.05. The van der Waals surface area contributed by atoms with Crippen LogP contribution in [0.2, 0.25) is 4.34 Å². The molecule has 2 aromatic rings. The van der Waals surface area contributed by atoms with Crippen LogP contribution in [0, 0.1) is 0 Å². The summed E-state index contributed by atoms with van der Waals surface area (Å²) in [5.74, 6) is 0.796. The second kappa shape index (κ2) is 7.99. The van der Waals surface area contributed by atoms with Gasteiger partial charge in [0, 0.05) is 36.7 Å². The van der Waals surface area contributed by atoms with Crippen LogP contribution in [0.1, 0.15) is 22.5 Å². The van der Waals surface area contributed by atoms with Gasteiger partial charge in [-0.3, -0.25) is 9.59 Å². The molecule has 2 rings (SSSR count). The van der Waals surface area contributed by atoms with Crippen LogP contribution in [-0.4, -0.2) is 25.9 Å². The van der Waals surface area contributed by atoms with Crippen molar-refractivity contribution >= 4 is 40.3 Å². The Labute approximate surface area is 143 Å². The fourth-order valence-electron chi connectivity index (χ4n) is 1.92. The second-order valence-corrected chi connectivity index (χ2v) is 6.39. The number of hydrogen-bond acceptors (Lipinski definition) is 5. The Morgan fingerprint density at radius 2 is 1.74 bits per heavy atom. The van der Waals surface area contributed by atoms with Crippen LogP contribution in [0.25, 0.3) is 0 Å². The molecule has 0 bridgehead atoms. The van der Waals surface area contributed by atoms with Crippen LogP contribution < -0.4 is 14.8 Å². The van der Waals surface area contributed by atoms with Gasteiger partial charge in [-0.25, -0.2) is 0 Å². The lowest BCUT2D eigenvalue weighted by Crippen LogP contribution is -2.13. The molecule has 7 heteroatoms. The van der Waals surface area contributed by atoms with E-state index in [9.17, 15) is 9.59 Å². The van der Waals surface area contributed by atoms with Crippen LogP contribution in [0.5, 0.6) is 11.5 Å². The summed E-state index contributed by atoms with van der Waals surface area (Å²) in [6.07, 6.45) is 0.220. The molecule has 0 aliphatic heterocycles. The number of halogens is 1. The minimum Gasteiger partial charge on any atom is -0.497 e.